The van der Waals surface area contributed by atoms with Crippen LogP contribution in [0.4, 0.5) is 14.9 Å². The number of carbonyl (C=O) groups excluding carboxylic acids is 5. The highest BCUT2D eigenvalue weighted by molar-refractivity contribution is 6.07. The van der Waals surface area contributed by atoms with Crippen LogP contribution in [0.25, 0.3) is 0 Å². The van der Waals surface area contributed by atoms with Crippen molar-refractivity contribution in [1.82, 2.24) is 10.2 Å². The molecule has 0 spiro atoms. The van der Waals surface area contributed by atoms with Gasteiger partial charge in [0.1, 0.15) is 12.4 Å². The van der Waals surface area contributed by atoms with E-state index in [9.17, 15) is 28.4 Å². The zero-order valence-corrected chi connectivity index (χ0v) is 15.5. The molecule has 10 heteroatoms. The molecule has 1 aromatic rings. The Labute approximate surface area is 165 Å². The second kappa shape index (κ2) is 8.80. The minimum absolute atomic E-state index is 0.123. The van der Waals surface area contributed by atoms with E-state index in [1.807, 2.05) is 5.32 Å². The summed E-state index contributed by atoms with van der Waals surface area (Å²) in [6, 6.07) is 4.38. The Morgan fingerprint density at radius 2 is 1.69 bits per heavy atom. The number of anilines is 1. The number of urea groups is 1. The van der Waals surface area contributed by atoms with Crippen LogP contribution < -0.4 is 10.6 Å². The summed E-state index contributed by atoms with van der Waals surface area (Å²) in [5, 5.41) is 4.03. The summed E-state index contributed by atoms with van der Waals surface area (Å²) in [5.41, 5.74) is -0.123. The lowest BCUT2D eigenvalue weighted by atomic mass is 9.81. The highest BCUT2D eigenvalue weighted by Crippen LogP contribution is 2.37. The van der Waals surface area contributed by atoms with Gasteiger partial charge in [0.05, 0.1) is 17.5 Å². The molecule has 1 saturated carbocycles. The molecular formula is C19H20FN3O6. The quantitative estimate of drug-likeness (QED) is 0.561. The first-order valence-electron chi connectivity index (χ1n) is 9.23. The number of nitrogens with zero attached hydrogens (tertiary/aromatic N) is 1. The van der Waals surface area contributed by atoms with Gasteiger partial charge in [0.25, 0.3) is 5.91 Å². The molecule has 3 rings (SSSR count). The first-order valence-corrected chi connectivity index (χ1v) is 9.23. The SMILES string of the molecule is O=C(COC(=O)CN1C(=O)[C@@H]2CCCC[C@H]2C1=O)NC(=O)Nc1ccccc1F. The van der Waals surface area contributed by atoms with Crippen molar-refractivity contribution in [2.75, 3.05) is 18.5 Å². The minimum atomic E-state index is -0.995. The summed E-state index contributed by atoms with van der Waals surface area (Å²) in [5.74, 6) is -4.09. The summed E-state index contributed by atoms with van der Waals surface area (Å²) in [4.78, 5) is 60.8. The molecule has 1 aliphatic heterocycles. The van der Waals surface area contributed by atoms with E-state index in [0.29, 0.717) is 12.8 Å². The van der Waals surface area contributed by atoms with Gasteiger partial charge in [-0.1, -0.05) is 25.0 Å². The van der Waals surface area contributed by atoms with E-state index in [1.54, 1.807) is 0 Å². The summed E-state index contributed by atoms with van der Waals surface area (Å²) < 4.78 is 18.2. The Balaban J connectivity index is 1.44. The number of para-hydroxylation sites is 1. The Bertz CT molecular complexity index is 834. The summed E-state index contributed by atoms with van der Waals surface area (Å²) in [7, 11) is 0. The van der Waals surface area contributed by atoms with Crippen LogP contribution in [0, 0.1) is 17.7 Å². The number of rotatable bonds is 5. The maximum atomic E-state index is 13.5. The van der Waals surface area contributed by atoms with Crippen molar-refractivity contribution in [3.63, 3.8) is 0 Å². The lowest BCUT2D eigenvalue weighted by Crippen LogP contribution is -2.40. The van der Waals surface area contributed by atoms with Crippen molar-refractivity contribution in [1.29, 1.82) is 0 Å². The fourth-order valence-electron chi connectivity index (χ4n) is 3.59. The van der Waals surface area contributed by atoms with Crippen LogP contribution in [0.15, 0.2) is 24.3 Å². The standard InChI is InChI=1S/C19H20FN3O6/c20-13-7-3-4-8-14(13)21-19(28)22-15(24)10-29-16(25)9-23-17(26)11-5-1-2-6-12(11)18(23)27/h3-4,7-8,11-12H,1-2,5-6,9-10H2,(H2,21,22,24,28)/t11-,12-/m1/s1. The average Bonchev–Trinajstić information content (AvgIpc) is 2.93. The maximum absolute atomic E-state index is 13.5. The molecule has 0 radical (unpaired) electrons. The van der Waals surface area contributed by atoms with Gasteiger partial charge in [-0.25, -0.2) is 9.18 Å². The van der Waals surface area contributed by atoms with Gasteiger partial charge in [-0.05, 0) is 25.0 Å². The average molecular weight is 405 g/mol. The van der Waals surface area contributed by atoms with Crippen molar-refractivity contribution >= 4 is 35.4 Å². The molecule has 0 bridgehead atoms. The molecule has 29 heavy (non-hydrogen) atoms. The molecule has 1 aliphatic carbocycles. The zero-order chi connectivity index (χ0) is 21.0. The third-order valence-electron chi connectivity index (χ3n) is 4.96. The van der Waals surface area contributed by atoms with Gasteiger partial charge in [-0.15, -0.1) is 0 Å². The largest absolute Gasteiger partial charge is 0.454 e. The fraction of sp³-hybridized carbons (Fsp3) is 0.421. The molecule has 5 amide bonds. The smallest absolute Gasteiger partial charge is 0.326 e. The predicted molar refractivity (Wildman–Crippen MR) is 96.7 cm³/mol. The second-order valence-electron chi connectivity index (χ2n) is 6.90. The fourth-order valence-corrected chi connectivity index (χ4v) is 3.59. The highest BCUT2D eigenvalue weighted by Gasteiger charge is 2.48. The number of imide groups is 2. The first-order chi connectivity index (χ1) is 13.9. The number of fused-ring (bicyclic) bond motifs is 1. The predicted octanol–water partition coefficient (Wildman–Crippen LogP) is 1.19. The van der Waals surface area contributed by atoms with Gasteiger partial charge in [-0.2, -0.15) is 0 Å². The highest BCUT2D eigenvalue weighted by atomic mass is 19.1. The third kappa shape index (κ3) is 4.76. The topological polar surface area (TPSA) is 122 Å². The molecule has 2 atom stereocenters. The number of ether oxygens (including phenoxy) is 1. The van der Waals surface area contributed by atoms with E-state index in [2.05, 4.69) is 5.32 Å². The van der Waals surface area contributed by atoms with Crippen LogP contribution in [0.1, 0.15) is 25.7 Å². The van der Waals surface area contributed by atoms with E-state index in [-0.39, 0.29) is 29.3 Å². The van der Waals surface area contributed by atoms with E-state index in [1.165, 1.54) is 18.2 Å². The van der Waals surface area contributed by atoms with Crippen molar-refractivity contribution in [3.8, 4) is 0 Å². The van der Waals surface area contributed by atoms with Crippen molar-refractivity contribution in [2.45, 2.75) is 25.7 Å². The van der Waals surface area contributed by atoms with E-state index < -0.39 is 36.9 Å². The van der Waals surface area contributed by atoms with E-state index in [4.69, 9.17) is 4.74 Å². The normalized spacial score (nSPS) is 20.8. The van der Waals surface area contributed by atoms with Crippen LogP contribution in [0.2, 0.25) is 0 Å². The Kier molecular flexibility index (Phi) is 6.20. The number of amides is 5. The molecule has 1 aromatic carbocycles. The molecule has 1 heterocycles. The molecule has 2 fully saturated rings. The van der Waals surface area contributed by atoms with Crippen LogP contribution in [0.3, 0.4) is 0 Å². The Morgan fingerprint density at radius 1 is 1.07 bits per heavy atom. The van der Waals surface area contributed by atoms with Gasteiger partial charge in [0.15, 0.2) is 6.61 Å². The number of esters is 1. The molecule has 0 unspecified atom stereocenters. The Hall–Kier alpha value is -3.30. The lowest BCUT2D eigenvalue weighted by molar-refractivity contribution is -0.154. The van der Waals surface area contributed by atoms with Gasteiger partial charge in [0, 0.05) is 0 Å². The number of halogens is 1. The number of nitrogens with one attached hydrogen (secondary N) is 2. The van der Waals surface area contributed by atoms with Crippen molar-refractivity contribution < 1.29 is 33.1 Å². The van der Waals surface area contributed by atoms with Crippen LogP contribution in [-0.2, 0) is 23.9 Å². The van der Waals surface area contributed by atoms with Gasteiger partial charge in [0.2, 0.25) is 11.8 Å². The van der Waals surface area contributed by atoms with Crippen LogP contribution in [0.5, 0.6) is 0 Å². The lowest BCUT2D eigenvalue weighted by Gasteiger charge is -2.19. The monoisotopic (exact) mass is 405 g/mol. The number of hydrogen-bond donors (Lipinski definition) is 2. The van der Waals surface area contributed by atoms with Gasteiger partial charge in [-0.3, -0.25) is 29.4 Å². The summed E-state index contributed by atoms with van der Waals surface area (Å²) in [6.07, 6.45) is 2.99. The number of carbonyl (C=O) groups is 5. The number of hydrogen-bond acceptors (Lipinski definition) is 6. The zero-order valence-electron chi connectivity index (χ0n) is 15.5. The molecule has 154 valence electrons. The number of benzene rings is 1. The Morgan fingerprint density at radius 3 is 2.31 bits per heavy atom. The van der Waals surface area contributed by atoms with Crippen molar-refractivity contribution in [2.24, 2.45) is 11.8 Å². The minimum Gasteiger partial charge on any atom is -0.454 e. The van der Waals surface area contributed by atoms with Crippen LogP contribution >= 0.6 is 0 Å². The molecule has 0 aromatic heterocycles. The first kappa shape index (κ1) is 20.4. The molecule has 2 aliphatic rings. The maximum Gasteiger partial charge on any atom is 0.326 e. The third-order valence-corrected chi connectivity index (χ3v) is 4.96. The van der Waals surface area contributed by atoms with E-state index >= 15 is 0 Å². The van der Waals surface area contributed by atoms with Gasteiger partial charge < -0.3 is 10.1 Å². The summed E-state index contributed by atoms with van der Waals surface area (Å²) >= 11 is 0. The molecular weight excluding hydrogens is 385 g/mol. The molecule has 9 nitrogen and oxygen atoms in total. The molecule has 2 N–H and O–H groups in total. The summed E-state index contributed by atoms with van der Waals surface area (Å²) in [6.45, 7) is -1.36. The van der Waals surface area contributed by atoms with E-state index in [0.717, 1.165) is 23.8 Å². The second-order valence-corrected chi connectivity index (χ2v) is 6.90. The molecule has 1 saturated heterocycles. The number of likely N-dealkylation sites (tertiary alicyclic amines) is 1. The van der Waals surface area contributed by atoms with Crippen LogP contribution in [-0.4, -0.2) is 47.8 Å². The van der Waals surface area contributed by atoms with Crippen molar-refractivity contribution in [3.05, 3.63) is 30.1 Å². The van der Waals surface area contributed by atoms with Gasteiger partial charge >= 0.3 is 12.0 Å².